The number of aryl methyl sites for hydroxylation is 1. The summed E-state index contributed by atoms with van der Waals surface area (Å²) in [7, 11) is 0. The summed E-state index contributed by atoms with van der Waals surface area (Å²) >= 11 is 0. The average Bonchev–Trinajstić information content (AvgIpc) is 2.89. The van der Waals surface area contributed by atoms with Gasteiger partial charge in [0.25, 0.3) is 0 Å². The Bertz CT molecular complexity index is 1330. The van der Waals surface area contributed by atoms with E-state index in [4.69, 9.17) is 9.47 Å². The molecular weight excluding hydrogens is 444 g/mol. The van der Waals surface area contributed by atoms with E-state index in [1.807, 2.05) is 48.2 Å². The number of amides is 1. The van der Waals surface area contributed by atoms with Gasteiger partial charge in [0.2, 0.25) is 11.9 Å². The molecule has 0 radical (unpaired) electrons. The van der Waals surface area contributed by atoms with E-state index in [9.17, 15) is 4.79 Å². The molecule has 0 bridgehead atoms. The Hall–Kier alpha value is -4.11. The van der Waals surface area contributed by atoms with Crippen molar-refractivity contribution in [2.45, 2.75) is 20.0 Å². The Balaban J connectivity index is 1.29. The number of hydrogen-bond acceptors (Lipinski definition) is 8. The van der Waals surface area contributed by atoms with Crippen LogP contribution in [0.4, 0.5) is 11.6 Å². The van der Waals surface area contributed by atoms with Crippen LogP contribution in [0.1, 0.15) is 16.7 Å². The molecule has 1 saturated heterocycles. The molecule has 1 aliphatic heterocycles. The number of benzene rings is 2. The maximum Gasteiger partial charge on any atom is 0.227 e. The minimum absolute atomic E-state index is 0.109. The van der Waals surface area contributed by atoms with Crippen molar-refractivity contribution in [1.82, 2.24) is 24.8 Å². The van der Waals surface area contributed by atoms with Crippen LogP contribution in [0.25, 0.3) is 10.9 Å². The van der Waals surface area contributed by atoms with E-state index in [2.05, 4.69) is 25.3 Å². The van der Waals surface area contributed by atoms with Gasteiger partial charge in [0.15, 0.2) is 0 Å². The Kier molecular flexibility index (Phi) is 6.76. The van der Waals surface area contributed by atoms with Crippen LogP contribution < -0.4 is 10.1 Å². The first-order chi connectivity index (χ1) is 17.1. The van der Waals surface area contributed by atoms with Crippen molar-refractivity contribution < 1.29 is 14.3 Å². The van der Waals surface area contributed by atoms with Crippen molar-refractivity contribution in [3.63, 3.8) is 0 Å². The Morgan fingerprint density at radius 3 is 2.74 bits per heavy atom. The summed E-state index contributed by atoms with van der Waals surface area (Å²) in [5.74, 6) is 1.33. The number of carbonyl (C=O) groups is 1. The van der Waals surface area contributed by atoms with Gasteiger partial charge in [-0.1, -0.05) is 12.1 Å². The second kappa shape index (κ2) is 10.4. The number of hydrogen-bond donors (Lipinski definition) is 1. The molecule has 1 amide bonds. The topological polar surface area (TPSA) is 102 Å². The predicted molar refractivity (Wildman–Crippen MR) is 131 cm³/mol. The molecule has 1 aliphatic rings. The zero-order valence-corrected chi connectivity index (χ0v) is 19.5. The van der Waals surface area contributed by atoms with Gasteiger partial charge in [-0.05, 0) is 36.2 Å². The molecule has 0 aliphatic carbocycles. The van der Waals surface area contributed by atoms with E-state index in [0.717, 1.165) is 39.0 Å². The van der Waals surface area contributed by atoms with Gasteiger partial charge in [0, 0.05) is 54.4 Å². The average molecular weight is 471 g/mol. The molecule has 35 heavy (non-hydrogen) atoms. The molecule has 9 heteroatoms. The van der Waals surface area contributed by atoms with Crippen LogP contribution in [0.15, 0.2) is 61.3 Å². The van der Waals surface area contributed by atoms with Crippen LogP contribution in [0, 0.1) is 6.92 Å². The van der Waals surface area contributed by atoms with Crippen LogP contribution in [0.3, 0.4) is 0 Å². The first-order valence-electron chi connectivity index (χ1n) is 11.5. The van der Waals surface area contributed by atoms with E-state index >= 15 is 0 Å². The van der Waals surface area contributed by atoms with Crippen LogP contribution >= 0.6 is 0 Å². The van der Waals surface area contributed by atoms with Crippen LogP contribution in [-0.4, -0.2) is 57.0 Å². The third kappa shape index (κ3) is 5.70. The van der Waals surface area contributed by atoms with Crippen molar-refractivity contribution in [3.8, 4) is 5.75 Å². The minimum Gasteiger partial charge on any atom is -0.488 e. The monoisotopic (exact) mass is 470 g/mol. The highest BCUT2D eigenvalue weighted by Crippen LogP contribution is 2.26. The molecule has 5 rings (SSSR count). The van der Waals surface area contributed by atoms with E-state index in [-0.39, 0.29) is 5.91 Å². The lowest BCUT2D eigenvalue weighted by molar-refractivity contribution is -0.134. The smallest absolute Gasteiger partial charge is 0.227 e. The highest BCUT2D eigenvalue weighted by molar-refractivity contribution is 5.82. The lowest BCUT2D eigenvalue weighted by Gasteiger charge is -2.26. The summed E-state index contributed by atoms with van der Waals surface area (Å²) in [6.07, 6.45) is 7.10. The third-order valence-corrected chi connectivity index (χ3v) is 5.79. The second-order valence-electron chi connectivity index (χ2n) is 8.40. The highest BCUT2D eigenvalue weighted by atomic mass is 16.5. The predicted octanol–water partition coefficient (Wildman–Crippen LogP) is 3.45. The summed E-state index contributed by atoms with van der Waals surface area (Å²) in [5, 5.41) is 4.18. The van der Waals surface area contributed by atoms with Gasteiger partial charge < -0.3 is 19.7 Å². The summed E-state index contributed by atoms with van der Waals surface area (Å²) in [6, 6.07) is 11.7. The number of morpholine rings is 1. The molecule has 4 aromatic rings. The number of carbonyl (C=O) groups excluding carboxylic acids is 1. The maximum atomic E-state index is 12.6. The van der Waals surface area contributed by atoms with E-state index < -0.39 is 0 Å². The SMILES string of the molecule is Cc1cc2cnc(Nc3cccc(CC(=O)N4CCOCC4)c3)nc2cc1OCc1cncnc1. The minimum atomic E-state index is 0.109. The van der Waals surface area contributed by atoms with Gasteiger partial charge in [-0.25, -0.2) is 19.9 Å². The first-order valence-corrected chi connectivity index (χ1v) is 11.5. The number of fused-ring (bicyclic) bond motifs is 1. The Morgan fingerprint density at radius 1 is 1.09 bits per heavy atom. The normalized spacial score (nSPS) is 13.6. The molecule has 3 heterocycles. The first kappa shape index (κ1) is 22.7. The quantitative estimate of drug-likeness (QED) is 0.438. The summed E-state index contributed by atoms with van der Waals surface area (Å²) in [6.45, 7) is 4.85. The van der Waals surface area contributed by atoms with E-state index in [1.54, 1.807) is 18.6 Å². The molecule has 0 atom stereocenters. The highest BCUT2D eigenvalue weighted by Gasteiger charge is 2.17. The van der Waals surface area contributed by atoms with Gasteiger partial charge in [0.05, 0.1) is 25.2 Å². The van der Waals surface area contributed by atoms with Crippen LogP contribution in [0.5, 0.6) is 5.75 Å². The Morgan fingerprint density at radius 2 is 1.91 bits per heavy atom. The Labute approximate surface area is 203 Å². The summed E-state index contributed by atoms with van der Waals surface area (Å²) in [5.41, 5.74) is 4.42. The maximum absolute atomic E-state index is 12.6. The molecule has 178 valence electrons. The molecule has 0 spiro atoms. The van der Waals surface area contributed by atoms with Crippen LogP contribution in [-0.2, 0) is 22.6 Å². The van der Waals surface area contributed by atoms with Crippen LogP contribution in [0.2, 0.25) is 0 Å². The fourth-order valence-corrected chi connectivity index (χ4v) is 3.94. The van der Waals surface area contributed by atoms with Crippen molar-refractivity contribution in [2.24, 2.45) is 0 Å². The van der Waals surface area contributed by atoms with Gasteiger partial charge in [-0.2, -0.15) is 0 Å². The van der Waals surface area contributed by atoms with Crippen molar-refractivity contribution in [2.75, 3.05) is 31.6 Å². The molecule has 1 N–H and O–H groups in total. The number of nitrogens with zero attached hydrogens (tertiary/aromatic N) is 5. The molecule has 1 fully saturated rings. The lowest BCUT2D eigenvalue weighted by Crippen LogP contribution is -2.41. The fraction of sp³-hybridized carbons (Fsp3) is 0.269. The van der Waals surface area contributed by atoms with Gasteiger partial charge in [-0.15, -0.1) is 0 Å². The fourth-order valence-electron chi connectivity index (χ4n) is 3.94. The zero-order valence-electron chi connectivity index (χ0n) is 19.5. The largest absolute Gasteiger partial charge is 0.488 e. The third-order valence-electron chi connectivity index (χ3n) is 5.79. The number of nitrogens with one attached hydrogen (secondary N) is 1. The molecule has 2 aromatic heterocycles. The lowest BCUT2D eigenvalue weighted by atomic mass is 10.1. The molecule has 9 nitrogen and oxygen atoms in total. The number of anilines is 2. The molecule has 0 saturated carbocycles. The van der Waals surface area contributed by atoms with Gasteiger partial charge >= 0.3 is 0 Å². The number of ether oxygens (including phenoxy) is 2. The van der Waals surface area contributed by atoms with Gasteiger partial charge in [0.1, 0.15) is 18.7 Å². The zero-order chi connectivity index (χ0) is 24.0. The number of rotatable bonds is 7. The van der Waals surface area contributed by atoms with Crippen molar-refractivity contribution in [1.29, 1.82) is 0 Å². The second-order valence-corrected chi connectivity index (χ2v) is 8.40. The summed E-state index contributed by atoms with van der Waals surface area (Å²) in [4.78, 5) is 31.6. The molecular formula is C26H26N6O3. The van der Waals surface area contributed by atoms with E-state index in [0.29, 0.717) is 45.3 Å². The summed E-state index contributed by atoms with van der Waals surface area (Å²) < 4.78 is 11.3. The number of aromatic nitrogens is 4. The van der Waals surface area contributed by atoms with Crippen molar-refractivity contribution in [3.05, 3.63) is 78.0 Å². The standard InChI is InChI=1S/C26H26N6O3/c1-18-9-21-15-29-26(31-23(21)12-24(18)35-16-20-13-27-17-28-14-20)30-22-4-2-3-19(10-22)11-25(33)32-5-7-34-8-6-32/h2-4,9-10,12-15,17H,5-8,11,16H2,1H3,(H,29,30,31). The van der Waals surface area contributed by atoms with E-state index in [1.165, 1.54) is 6.33 Å². The van der Waals surface area contributed by atoms with Gasteiger partial charge in [-0.3, -0.25) is 4.79 Å². The van der Waals surface area contributed by atoms with Crippen molar-refractivity contribution >= 4 is 28.4 Å². The molecule has 0 unspecified atom stereocenters. The molecule has 2 aromatic carbocycles.